The van der Waals surface area contributed by atoms with Gasteiger partial charge in [-0.15, -0.1) is 0 Å². The van der Waals surface area contributed by atoms with Crippen LogP contribution in [0.1, 0.15) is 44.2 Å². The molecular weight excluding hydrogens is 439 g/mol. The summed E-state index contributed by atoms with van der Waals surface area (Å²) >= 11 is 0. The largest absolute Gasteiger partial charge is 0.369 e. The summed E-state index contributed by atoms with van der Waals surface area (Å²) in [5.41, 5.74) is 1.75. The van der Waals surface area contributed by atoms with Gasteiger partial charge in [-0.05, 0) is 68.4 Å². The van der Waals surface area contributed by atoms with E-state index in [0.717, 1.165) is 37.9 Å². The second kappa shape index (κ2) is 8.93. The third kappa shape index (κ3) is 4.31. The maximum absolute atomic E-state index is 15.3. The molecule has 1 aliphatic heterocycles. The molecule has 2 aromatic carbocycles. The molecule has 0 saturated carbocycles. The number of hydrogen-bond donors (Lipinski definition) is 0. The number of aryl methyl sites for hydroxylation is 3. The van der Waals surface area contributed by atoms with Crippen LogP contribution in [0.15, 0.2) is 51.1 Å². The van der Waals surface area contributed by atoms with E-state index in [9.17, 15) is 13.2 Å². The van der Waals surface area contributed by atoms with Gasteiger partial charge in [0.1, 0.15) is 10.7 Å². The van der Waals surface area contributed by atoms with Crippen LogP contribution in [-0.2, 0) is 16.4 Å². The van der Waals surface area contributed by atoms with Gasteiger partial charge in [-0.1, -0.05) is 26.0 Å². The van der Waals surface area contributed by atoms with Crippen LogP contribution >= 0.6 is 0 Å². The molecule has 0 unspecified atom stereocenters. The first-order chi connectivity index (χ1) is 15.6. The highest BCUT2D eigenvalue weighted by molar-refractivity contribution is 7.91. The fourth-order valence-corrected chi connectivity index (χ4v) is 6.45. The Balaban J connectivity index is 1.95. The number of pyridine rings is 1. The molecule has 1 fully saturated rings. The number of nitrogens with zero attached hydrogens (tertiary/aromatic N) is 2. The van der Waals surface area contributed by atoms with Crippen molar-refractivity contribution >= 4 is 26.4 Å². The standard InChI is InChI=1S/C26H31FN2O3S/c1-5-10-28-16-25(33(31,32)24-12-17(2)8-9-19(24)4)26(30)20-13-21(27)23(14-22(20)28)29-11-6-7-18(3)15-29/h8-9,12-14,16,18H,5-7,10-11,15H2,1-4H3/t18-/m1/s1. The Hall–Kier alpha value is -2.67. The van der Waals surface area contributed by atoms with E-state index in [-0.39, 0.29) is 15.2 Å². The Morgan fingerprint density at radius 2 is 1.88 bits per heavy atom. The first kappa shape index (κ1) is 23.5. The number of sulfone groups is 1. The maximum Gasteiger partial charge on any atom is 0.212 e. The van der Waals surface area contributed by atoms with Crippen LogP contribution in [-0.4, -0.2) is 26.1 Å². The normalized spacial score (nSPS) is 17.0. The van der Waals surface area contributed by atoms with Gasteiger partial charge < -0.3 is 9.47 Å². The predicted octanol–water partition coefficient (Wildman–Crippen LogP) is 5.24. The minimum Gasteiger partial charge on any atom is -0.369 e. The van der Waals surface area contributed by atoms with Gasteiger partial charge in [0.15, 0.2) is 0 Å². The molecule has 5 nitrogen and oxygen atoms in total. The summed E-state index contributed by atoms with van der Waals surface area (Å²) in [5, 5.41) is 0.0983. The summed E-state index contributed by atoms with van der Waals surface area (Å²) in [7, 11) is -4.07. The number of halogens is 1. The molecule has 2 heterocycles. The molecule has 33 heavy (non-hydrogen) atoms. The van der Waals surface area contributed by atoms with E-state index >= 15 is 4.39 Å². The molecule has 4 rings (SSSR count). The summed E-state index contributed by atoms with van der Waals surface area (Å²) in [4.78, 5) is 15.3. The first-order valence-electron chi connectivity index (χ1n) is 11.6. The summed E-state index contributed by atoms with van der Waals surface area (Å²) < 4.78 is 44.1. The minimum atomic E-state index is -4.07. The Bertz CT molecular complexity index is 1380. The SMILES string of the molecule is CCCn1cc(S(=O)(=O)c2cc(C)ccc2C)c(=O)c2cc(F)c(N3CCC[C@@H](C)C3)cc21. The topological polar surface area (TPSA) is 59.4 Å². The fourth-order valence-electron chi connectivity index (χ4n) is 4.76. The molecule has 1 atom stereocenters. The fraction of sp³-hybridized carbons (Fsp3) is 0.423. The Morgan fingerprint density at radius 1 is 1.12 bits per heavy atom. The van der Waals surface area contributed by atoms with Crippen LogP contribution in [0.2, 0.25) is 0 Å². The molecular formula is C26H31FN2O3S. The number of anilines is 1. The number of rotatable bonds is 5. The van der Waals surface area contributed by atoms with E-state index < -0.39 is 21.1 Å². The van der Waals surface area contributed by atoms with Gasteiger partial charge in [-0.2, -0.15) is 0 Å². The van der Waals surface area contributed by atoms with Crippen LogP contribution in [0.5, 0.6) is 0 Å². The lowest BCUT2D eigenvalue weighted by Crippen LogP contribution is -2.35. The van der Waals surface area contributed by atoms with Gasteiger partial charge in [-0.25, -0.2) is 12.8 Å². The van der Waals surface area contributed by atoms with Crippen molar-refractivity contribution in [2.75, 3.05) is 18.0 Å². The van der Waals surface area contributed by atoms with E-state index in [1.165, 1.54) is 12.3 Å². The second-order valence-corrected chi connectivity index (χ2v) is 11.2. The zero-order chi connectivity index (χ0) is 23.9. The van der Waals surface area contributed by atoms with Gasteiger partial charge >= 0.3 is 0 Å². The number of hydrogen-bond acceptors (Lipinski definition) is 4. The molecule has 176 valence electrons. The van der Waals surface area contributed by atoms with Gasteiger partial charge in [0, 0.05) is 25.8 Å². The van der Waals surface area contributed by atoms with Crippen molar-refractivity contribution in [2.24, 2.45) is 5.92 Å². The molecule has 1 saturated heterocycles. The molecule has 7 heteroatoms. The van der Waals surface area contributed by atoms with E-state index in [1.807, 2.05) is 24.8 Å². The van der Waals surface area contributed by atoms with E-state index in [0.29, 0.717) is 29.2 Å². The molecule has 0 amide bonds. The summed E-state index contributed by atoms with van der Waals surface area (Å²) in [5.74, 6) is -0.0187. The van der Waals surface area contributed by atoms with E-state index in [1.54, 1.807) is 29.7 Å². The van der Waals surface area contributed by atoms with Crippen molar-refractivity contribution in [1.82, 2.24) is 4.57 Å². The van der Waals surface area contributed by atoms with Gasteiger partial charge in [0.05, 0.1) is 21.5 Å². The van der Waals surface area contributed by atoms with E-state index in [2.05, 4.69) is 6.92 Å². The second-order valence-electron chi connectivity index (χ2n) is 9.30. The number of fused-ring (bicyclic) bond motifs is 1. The minimum absolute atomic E-state index is 0.0983. The van der Waals surface area contributed by atoms with Crippen molar-refractivity contribution in [1.29, 1.82) is 0 Å². The average Bonchev–Trinajstić information content (AvgIpc) is 2.77. The Kier molecular flexibility index (Phi) is 6.36. The third-order valence-electron chi connectivity index (χ3n) is 6.50. The maximum atomic E-state index is 15.3. The van der Waals surface area contributed by atoms with Crippen LogP contribution in [0.25, 0.3) is 10.9 Å². The molecule has 0 radical (unpaired) electrons. The van der Waals surface area contributed by atoms with Crippen LogP contribution in [0.3, 0.4) is 0 Å². The molecule has 0 spiro atoms. The summed E-state index contributed by atoms with van der Waals surface area (Å²) in [6, 6.07) is 8.09. The zero-order valence-electron chi connectivity index (χ0n) is 19.7. The molecule has 0 bridgehead atoms. The lowest BCUT2D eigenvalue weighted by Gasteiger charge is -2.33. The van der Waals surface area contributed by atoms with E-state index in [4.69, 9.17) is 0 Å². The quantitative estimate of drug-likeness (QED) is 0.512. The van der Waals surface area contributed by atoms with Gasteiger partial charge in [-0.3, -0.25) is 4.79 Å². The highest BCUT2D eigenvalue weighted by Crippen LogP contribution is 2.31. The highest BCUT2D eigenvalue weighted by Gasteiger charge is 2.27. The molecule has 0 N–H and O–H groups in total. The Labute approximate surface area is 194 Å². The smallest absolute Gasteiger partial charge is 0.212 e. The number of piperidine rings is 1. The number of aromatic nitrogens is 1. The molecule has 3 aromatic rings. The average molecular weight is 471 g/mol. The van der Waals surface area contributed by atoms with Crippen molar-refractivity contribution in [2.45, 2.75) is 63.3 Å². The molecule has 1 aromatic heterocycles. The van der Waals surface area contributed by atoms with Gasteiger partial charge in [0.2, 0.25) is 15.3 Å². The summed E-state index contributed by atoms with van der Waals surface area (Å²) in [6.07, 6.45) is 4.29. The zero-order valence-corrected chi connectivity index (χ0v) is 20.5. The van der Waals surface area contributed by atoms with Crippen LogP contribution in [0.4, 0.5) is 10.1 Å². The Morgan fingerprint density at radius 3 is 2.58 bits per heavy atom. The first-order valence-corrected chi connectivity index (χ1v) is 13.1. The van der Waals surface area contributed by atoms with Crippen molar-refractivity contribution in [3.63, 3.8) is 0 Å². The third-order valence-corrected chi connectivity index (χ3v) is 8.39. The lowest BCUT2D eigenvalue weighted by atomic mass is 9.99. The van der Waals surface area contributed by atoms with Crippen molar-refractivity contribution < 1.29 is 12.8 Å². The van der Waals surface area contributed by atoms with Crippen LogP contribution < -0.4 is 10.3 Å². The van der Waals surface area contributed by atoms with Gasteiger partial charge in [0.25, 0.3) is 0 Å². The van der Waals surface area contributed by atoms with Crippen molar-refractivity contribution in [3.05, 3.63) is 63.7 Å². The lowest BCUT2D eigenvalue weighted by molar-refractivity contribution is 0.442. The van der Waals surface area contributed by atoms with Crippen molar-refractivity contribution in [3.8, 4) is 0 Å². The molecule has 1 aliphatic rings. The monoisotopic (exact) mass is 470 g/mol. The van der Waals surface area contributed by atoms with Crippen LogP contribution in [0, 0.1) is 25.6 Å². The predicted molar refractivity (Wildman–Crippen MR) is 130 cm³/mol. The number of benzene rings is 2. The summed E-state index contributed by atoms with van der Waals surface area (Å²) in [6.45, 7) is 9.72. The molecule has 0 aliphatic carbocycles. The highest BCUT2D eigenvalue weighted by atomic mass is 32.2.